The molecule has 20 heavy (non-hydrogen) atoms. The van der Waals surface area contributed by atoms with Crippen LogP contribution in [0.2, 0.25) is 0 Å². The van der Waals surface area contributed by atoms with Gasteiger partial charge in [0, 0.05) is 25.5 Å². The van der Waals surface area contributed by atoms with E-state index in [0.717, 1.165) is 16.9 Å². The molecule has 1 aromatic carbocycles. The van der Waals surface area contributed by atoms with E-state index in [-0.39, 0.29) is 6.61 Å². The van der Waals surface area contributed by atoms with E-state index in [9.17, 15) is 5.11 Å². The number of aromatic nitrogens is 1. The number of rotatable bonds is 7. The molecule has 0 saturated heterocycles. The van der Waals surface area contributed by atoms with Gasteiger partial charge in [0.1, 0.15) is 18.5 Å². The fraction of sp³-hybridized carbons (Fsp3) is 0.312. The molecule has 0 spiro atoms. The van der Waals surface area contributed by atoms with Crippen molar-refractivity contribution < 1.29 is 9.84 Å². The standard InChI is InChI=1S/C16H20N2O2/c1-13-4-2-6-16(8-13)20-12-15(19)11-18-10-14-5-3-7-17-9-14/h2-9,15,18-19H,10-12H2,1H3. The maximum absolute atomic E-state index is 9.85. The Morgan fingerprint density at radius 3 is 2.95 bits per heavy atom. The molecule has 2 N–H and O–H groups in total. The summed E-state index contributed by atoms with van der Waals surface area (Å²) in [5, 5.41) is 13.0. The van der Waals surface area contributed by atoms with Crippen LogP contribution in [0.1, 0.15) is 11.1 Å². The molecule has 0 amide bonds. The summed E-state index contributed by atoms with van der Waals surface area (Å²) < 4.78 is 5.55. The Labute approximate surface area is 119 Å². The van der Waals surface area contributed by atoms with E-state index in [4.69, 9.17) is 4.74 Å². The van der Waals surface area contributed by atoms with Crippen LogP contribution in [0.25, 0.3) is 0 Å². The Bertz CT molecular complexity index is 517. The van der Waals surface area contributed by atoms with Gasteiger partial charge in [0.05, 0.1) is 0 Å². The van der Waals surface area contributed by atoms with Crippen molar-refractivity contribution in [1.82, 2.24) is 10.3 Å². The third-order valence-electron chi connectivity index (χ3n) is 2.86. The summed E-state index contributed by atoms with van der Waals surface area (Å²) in [5.74, 6) is 0.788. The van der Waals surface area contributed by atoms with Gasteiger partial charge in [-0.25, -0.2) is 0 Å². The van der Waals surface area contributed by atoms with E-state index in [2.05, 4.69) is 10.3 Å². The van der Waals surface area contributed by atoms with Crippen LogP contribution in [0.3, 0.4) is 0 Å². The predicted molar refractivity (Wildman–Crippen MR) is 78.6 cm³/mol. The minimum atomic E-state index is -0.535. The van der Waals surface area contributed by atoms with Gasteiger partial charge in [-0.15, -0.1) is 0 Å². The largest absolute Gasteiger partial charge is 0.491 e. The lowest BCUT2D eigenvalue weighted by molar-refractivity contribution is 0.106. The van der Waals surface area contributed by atoms with Crippen molar-refractivity contribution >= 4 is 0 Å². The van der Waals surface area contributed by atoms with Crippen LogP contribution in [0.5, 0.6) is 5.75 Å². The van der Waals surface area contributed by atoms with Gasteiger partial charge in [0.25, 0.3) is 0 Å². The first-order chi connectivity index (χ1) is 9.74. The predicted octanol–water partition coefficient (Wildman–Crippen LogP) is 1.92. The van der Waals surface area contributed by atoms with Gasteiger partial charge >= 0.3 is 0 Å². The van der Waals surface area contributed by atoms with Crippen LogP contribution in [-0.2, 0) is 6.54 Å². The zero-order valence-corrected chi connectivity index (χ0v) is 11.6. The number of aliphatic hydroxyl groups excluding tert-OH is 1. The second-order valence-corrected chi connectivity index (χ2v) is 4.77. The van der Waals surface area contributed by atoms with Crippen LogP contribution in [0.15, 0.2) is 48.8 Å². The minimum absolute atomic E-state index is 0.281. The average molecular weight is 272 g/mol. The first kappa shape index (κ1) is 14.5. The fourth-order valence-corrected chi connectivity index (χ4v) is 1.84. The van der Waals surface area contributed by atoms with Crippen molar-refractivity contribution in [2.24, 2.45) is 0 Å². The number of ether oxygens (including phenoxy) is 1. The summed E-state index contributed by atoms with van der Waals surface area (Å²) in [7, 11) is 0. The third kappa shape index (κ3) is 4.99. The fourth-order valence-electron chi connectivity index (χ4n) is 1.84. The normalized spacial score (nSPS) is 12.1. The van der Waals surface area contributed by atoms with E-state index < -0.39 is 6.10 Å². The topological polar surface area (TPSA) is 54.4 Å². The quantitative estimate of drug-likeness (QED) is 0.808. The zero-order chi connectivity index (χ0) is 14.2. The maximum atomic E-state index is 9.85. The van der Waals surface area contributed by atoms with E-state index in [1.54, 1.807) is 6.20 Å². The SMILES string of the molecule is Cc1cccc(OCC(O)CNCc2cccnc2)c1. The molecule has 0 aliphatic rings. The lowest BCUT2D eigenvalue weighted by Gasteiger charge is -2.13. The number of nitrogens with one attached hydrogen (secondary N) is 1. The van der Waals surface area contributed by atoms with Gasteiger partial charge in [0.15, 0.2) is 0 Å². The summed E-state index contributed by atoms with van der Waals surface area (Å²) in [5.41, 5.74) is 2.24. The Hall–Kier alpha value is -1.91. The highest BCUT2D eigenvalue weighted by Gasteiger charge is 2.05. The second-order valence-electron chi connectivity index (χ2n) is 4.77. The van der Waals surface area contributed by atoms with Crippen molar-refractivity contribution in [1.29, 1.82) is 0 Å². The Morgan fingerprint density at radius 2 is 2.20 bits per heavy atom. The lowest BCUT2D eigenvalue weighted by Crippen LogP contribution is -2.31. The molecule has 1 atom stereocenters. The molecule has 1 aromatic heterocycles. The highest BCUT2D eigenvalue weighted by Crippen LogP contribution is 2.12. The van der Waals surface area contributed by atoms with Crippen molar-refractivity contribution in [3.05, 3.63) is 59.9 Å². The van der Waals surface area contributed by atoms with Crippen molar-refractivity contribution in [3.8, 4) is 5.75 Å². The Balaban J connectivity index is 1.67. The molecule has 2 rings (SSSR count). The molecular weight excluding hydrogens is 252 g/mol. The number of benzene rings is 1. The summed E-state index contributed by atoms with van der Waals surface area (Å²) in [4.78, 5) is 4.04. The number of hydrogen-bond donors (Lipinski definition) is 2. The highest BCUT2D eigenvalue weighted by molar-refractivity contribution is 5.27. The summed E-state index contributed by atoms with van der Waals surface area (Å²) in [6.45, 7) is 3.47. The molecule has 0 saturated carbocycles. The van der Waals surface area contributed by atoms with Gasteiger partial charge in [-0.2, -0.15) is 0 Å². The maximum Gasteiger partial charge on any atom is 0.119 e. The number of hydrogen-bond acceptors (Lipinski definition) is 4. The zero-order valence-electron chi connectivity index (χ0n) is 11.6. The molecule has 4 nitrogen and oxygen atoms in total. The Morgan fingerprint density at radius 1 is 1.30 bits per heavy atom. The average Bonchev–Trinajstić information content (AvgIpc) is 2.46. The molecule has 106 valence electrons. The van der Waals surface area contributed by atoms with E-state index in [1.807, 2.05) is 49.5 Å². The Kier molecular flexibility index (Phi) is 5.53. The summed E-state index contributed by atoms with van der Waals surface area (Å²) >= 11 is 0. The molecule has 4 heteroatoms. The van der Waals surface area contributed by atoms with E-state index in [1.165, 1.54) is 0 Å². The van der Waals surface area contributed by atoms with Crippen molar-refractivity contribution in [2.75, 3.05) is 13.2 Å². The summed E-state index contributed by atoms with van der Waals surface area (Å²) in [6, 6.07) is 11.7. The molecule has 2 aromatic rings. The number of pyridine rings is 1. The van der Waals surface area contributed by atoms with E-state index in [0.29, 0.717) is 13.1 Å². The molecule has 0 fully saturated rings. The number of aryl methyl sites for hydroxylation is 1. The van der Waals surface area contributed by atoms with Gasteiger partial charge in [-0.05, 0) is 36.2 Å². The molecular formula is C16H20N2O2. The minimum Gasteiger partial charge on any atom is -0.491 e. The third-order valence-corrected chi connectivity index (χ3v) is 2.86. The van der Waals surface area contributed by atoms with Gasteiger partial charge < -0.3 is 15.2 Å². The second kappa shape index (κ2) is 7.62. The van der Waals surface area contributed by atoms with Crippen LogP contribution in [0.4, 0.5) is 0 Å². The molecule has 0 bridgehead atoms. The molecule has 1 heterocycles. The smallest absolute Gasteiger partial charge is 0.119 e. The first-order valence-corrected chi connectivity index (χ1v) is 6.71. The van der Waals surface area contributed by atoms with Crippen molar-refractivity contribution in [3.63, 3.8) is 0 Å². The molecule has 0 aliphatic heterocycles. The first-order valence-electron chi connectivity index (χ1n) is 6.71. The van der Waals surface area contributed by atoms with Crippen LogP contribution >= 0.6 is 0 Å². The van der Waals surface area contributed by atoms with Crippen molar-refractivity contribution in [2.45, 2.75) is 19.6 Å². The van der Waals surface area contributed by atoms with E-state index >= 15 is 0 Å². The molecule has 1 unspecified atom stereocenters. The number of nitrogens with zero attached hydrogens (tertiary/aromatic N) is 1. The monoisotopic (exact) mass is 272 g/mol. The van der Waals surface area contributed by atoms with Gasteiger partial charge in [-0.3, -0.25) is 4.98 Å². The number of aliphatic hydroxyl groups is 1. The molecule has 0 radical (unpaired) electrons. The van der Waals surface area contributed by atoms with Crippen LogP contribution in [-0.4, -0.2) is 29.3 Å². The van der Waals surface area contributed by atoms with Crippen LogP contribution in [0, 0.1) is 6.92 Å². The lowest BCUT2D eigenvalue weighted by atomic mass is 10.2. The summed E-state index contributed by atoms with van der Waals surface area (Å²) in [6.07, 6.45) is 3.02. The van der Waals surface area contributed by atoms with Gasteiger partial charge in [-0.1, -0.05) is 18.2 Å². The van der Waals surface area contributed by atoms with Gasteiger partial charge in [0.2, 0.25) is 0 Å². The van der Waals surface area contributed by atoms with Crippen LogP contribution < -0.4 is 10.1 Å². The molecule has 0 aliphatic carbocycles. The highest BCUT2D eigenvalue weighted by atomic mass is 16.5.